The van der Waals surface area contributed by atoms with Crippen molar-refractivity contribution in [3.63, 3.8) is 0 Å². The van der Waals surface area contributed by atoms with Gasteiger partial charge in [-0.15, -0.1) is 0 Å². The van der Waals surface area contributed by atoms with E-state index in [9.17, 15) is 13.2 Å². The number of piperidine rings is 1. The van der Waals surface area contributed by atoms with E-state index < -0.39 is 16.1 Å². The number of amides is 1. The number of sulfonamides is 1. The van der Waals surface area contributed by atoms with Gasteiger partial charge in [0.05, 0.1) is 9.92 Å². The summed E-state index contributed by atoms with van der Waals surface area (Å²) in [4.78, 5) is 14.5. The van der Waals surface area contributed by atoms with Gasteiger partial charge < -0.3 is 9.64 Å². The molecule has 8 heteroatoms. The van der Waals surface area contributed by atoms with E-state index in [4.69, 9.17) is 16.3 Å². The van der Waals surface area contributed by atoms with Crippen LogP contribution in [0, 0.1) is 5.92 Å². The van der Waals surface area contributed by atoms with Gasteiger partial charge in [0.2, 0.25) is 10.0 Å². The minimum Gasteiger partial charge on any atom is -0.482 e. The molecule has 190 valence electrons. The summed E-state index contributed by atoms with van der Waals surface area (Å²) in [6.07, 6.45) is 2.95. The van der Waals surface area contributed by atoms with Crippen molar-refractivity contribution < 1.29 is 17.9 Å². The van der Waals surface area contributed by atoms with E-state index in [2.05, 4.69) is 29.0 Å². The smallest absolute Gasteiger partial charge is 0.260 e. The average Bonchev–Trinajstić information content (AvgIpc) is 2.89. The molecule has 0 aliphatic carbocycles. The van der Waals surface area contributed by atoms with Crippen molar-refractivity contribution in [1.82, 2.24) is 9.62 Å². The van der Waals surface area contributed by atoms with Gasteiger partial charge in [-0.2, -0.15) is 0 Å². The molecule has 0 radical (unpaired) electrons. The summed E-state index contributed by atoms with van der Waals surface area (Å²) >= 11 is 6.31. The van der Waals surface area contributed by atoms with E-state index in [1.165, 1.54) is 23.8 Å². The van der Waals surface area contributed by atoms with E-state index in [0.717, 1.165) is 24.8 Å². The molecular weight excluding hydrogens is 496 g/mol. The Morgan fingerprint density at radius 2 is 1.67 bits per heavy atom. The second kappa shape index (κ2) is 11.9. The Kier molecular flexibility index (Phi) is 8.67. The normalized spacial score (nSPS) is 15.4. The Hall–Kier alpha value is -2.87. The average molecular weight is 527 g/mol. The second-order valence-electron chi connectivity index (χ2n) is 9.15. The second-order valence-corrected chi connectivity index (χ2v) is 11.3. The Morgan fingerprint density at radius 1 is 1.03 bits per heavy atom. The van der Waals surface area contributed by atoms with Crippen LogP contribution in [0.2, 0.25) is 5.02 Å². The largest absolute Gasteiger partial charge is 0.482 e. The molecule has 36 heavy (non-hydrogen) atoms. The van der Waals surface area contributed by atoms with Crippen LogP contribution in [-0.2, 0) is 21.2 Å². The maximum atomic E-state index is 12.8. The van der Waals surface area contributed by atoms with Crippen LogP contribution in [0.25, 0.3) is 0 Å². The summed E-state index contributed by atoms with van der Waals surface area (Å²) in [6.45, 7) is 3.05. The van der Waals surface area contributed by atoms with Crippen molar-refractivity contribution in [3.8, 4) is 5.75 Å². The van der Waals surface area contributed by atoms with Crippen LogP contribution < -0.4 is 9.46 Å². The maximum Gasteiger partial charge on any atom is 0.260 e. The molecule has 0 saturated carbocycles. The van der Waals surface area contributed by atoms with E-state index in [1.54, 1.807) is 6.92 Å². The predicted octanol–water partition coefficient (Wildman–Crippen LogP) is 5.24. The van der Waals surface area contributed by atoms with E-state index in [1.807, 2.05) is 41.3 Å². The van der Waals surface area contributed by atoms with Crippen LogP contribution in [0.5, 0.6) is 5.75 Å². The Labute approximate surface area is 218 Å². The summed E-state index contributed by atoms with van der Waals surface area (Å²) in [5.74, 6) is 0.748. The van der Waals surface area contributed by atoms with Gasteiger partial charge in [-0.25, -0.2) is 13.1 Å². The van der Waals surface area contributed by atoms with Crippen LogP contribution in [-0.4, -0.2) is 38.9 Å². The molecule has 1 aliphatic heterocycles. The van der Waals surface area contributed by atoms with Crippen molar-refractivity contribution >= 4 is 27.5 Å². The number of likely N-dealkylation sites (tertiary alicyclic amines) is 1. The Morgan fingerprint density at radius 3 is 2.31 bits per heavy atom. The van der Waals surface area contributed by atoms with Crippen molar-refractivity contribution in [2.75, 3.05) is 19.7 Å². The number of nitrogens with zero attached hydrogens (tertiary/aromatic N) is 1. The molecular formula is C28H31ClN2O4S. The minimum atomic E-state index is -3.79. The fraction of sp³-hybridized carbons (Fsp3) is 0.321. The molecule has 0 bridgehead atoms. The first-order chi connectivity index (χ1) is 17.3. The number of hydrogen-bond donors (Lipinski definition) is 1. The van der Waals surface area contributed by atoms with Crippen molar-refractivity contribution in [3.05, 3.63) is 95.0 Å². The third-order valence-corrected chi connectivity index (χ3v) is 8.36. The summed E-state index contributed by atoms with van der Waals surface area (Å²) < 4.78 is 34.0. The predicted molar refractivity (Wildman–Crippen MR) is 142 cm³/mol. The molecule has 1 aliphatic rings. The van der Waals surface area contributed by atoms with E-state index >= 15 is 0 Å². The molecule has 1 N–H and O–H groups in total. The monoisotopic (exact) mass is 526 g/mol. The molecule has 0 spiro atoms. The lowest BCUT2D eigenvalue weighted by Gasteiger charge is -2.32. The Bertz CT molecular complexity index is 1260. The zero-order valence-corrected chi connectivity index (χ0v) is 21.8. The lowest BCUT2D eigenvalue weighted by atomic mass is 9.90. The first-order valence-corrected chi connectivity index (χ1v) is 14.0. The molecule has 0 aromatic heterocycles. The van der Waals surface area contributed by atoms with Gasteiger partial charge in [0.15, 0.2) is 6.61 Å². The SMILES string of the molecule is C[C@@H](NS(=O)(=O)c1ccc(OCC(=O)N2CCC(Cc3ccccc3)CC2)c(Cl)c1)c1ccccc1. The van der Waals surface area contributed by atoms with Crippen LogP contribution >= 0.6 is 11.6 Å². The van der Waals surface area contributed by atoms with Gasteiger partial charge in [0.1, 0.15) is 5.75 Å². The minimum absolute atomic E-state index is 0.0365. The van der Waals surface area contributed by atoms with Crippen LogP contribution in [0.15, 0.2) is 83.8 Å². The molecule has 6 nitrogen and oxygen atoms in total. The van der Waals surface area contributed by atoms with Crippen LogP contribution in [0.1, 0.15) is 36.9 Å². The highest BCUT2D eigenvalue weighted by Crippen LogP contribution is 2.28. The lowest BCUT2D eigenvalue weighted by Crippen LogP contribution is -2.41. The third-order valence-electron chi connectivity index (χ3n) is 6.53. The number of halogens is 1. The number of rotatable bonds is 9. The molecule has 1 saturated heterocycles. The van der Waals surface area contributed by atoms with Gasteiger partial charge in [-0.05, 0) is 61.4 Å². The van der Waals surface area contributed by atoms with Crippen LogP contribution in [0.4, 0.5) is 0 Å². The highest BCUT2D eigenvalue weighted by molar-refractivity contribution is 7.89. The fourth-order valence-electron chi connectivity index (χ4n) is 4.44. The number of carbonyl (C=O) groups excluding carboxylic acids is 1. The molecule has 0 unspecified atom stereocenters. The number of ether oxygens (including phenoxy) is 1. The summed E-state index contributed by atoms with van der Waals surface area (Å²) in [5, 5.41) is 0.139. The number of benzene rings is 3. The topological polar surface area (TPSA) is 75.7 Å². The van der Waals surface area contributed by atoms with Crippen molar-refractivity contribution in [2.45, 2.75) is 37.1 Å². The maximum absolute atomic E-state index is 12.8. The zero-order chi connectivity index (χ0) is 25.5. The summed E-state index contributed by atoms with van der Waals surface area (Å²) in [6, 6.07) is 23.6. The molecule has 1 atom stereocenters. The zero-order valence-electron chi connectivity index (χ0n) is 20.3. The first-order valence-electron chi connectivity index (χ1n) is 12.1. The number of nitrogens with one attached hydrogen (secondary N) is 1. The van der Waals surface area contributed by atoms with Crippen molar-refractivity contribution in [2.24, 2.45) is 5.92 Å². The Balaban J connectivity index is 1.28. The highest BCUT2D eigenvalue weighted by atomic mass is 35.5. The molecule has 4 rings (SSSR count). The van der Waals surface area contributed by atoms with E-state index in [-0.39, 0.29) is 28.2 Å². The third kappa shape index (κ3) is 6.87. The fourth-order valence-corrected chi connectivity index (χ4v) is 6.00. The van der Waals surface area contributed by atoms with Gasteiger partial charge in [-0.3, -0.25) is 4.79 Å². The summed E-state index contributed by atoms with van der Waals surface area (Å²) in [5.41, 5.74) is 2.19. The summed E-state index contributed by atoms with van der Waals surface area (Å²) in [7, 11) is -3.79. The van der Waals surface area contributed by atoms with Gasteiger partial charge in [0.25, 0.3) is 5.91 Å². The molecule has 3 aromatic carbocycles. The lowest BCUT2D eigenvalue weighted by molar-refractivity contribution is -0.134. The highest BCUT2D eigenvalue weighted by Gasteiger charge is 2.24. The first kappa shape index (κ1) is 26.2. The van der Waals surface area contributed by atoms with E-state index in [0.29, 0.717) is 19.0 Å². The van der Waals surface area contributed by atoms with Crippen LogP contribution in [0.3, 0.4) is 0 Å². The van der Waals surface area contributed by atoms with Gasteiger partial charge in [-0.1, -0.05) is 72.3 Å². The molecule has 1 heterocycles. The number of hydrogen-bond acceptors (Lipinski definition) is 4. The molecule has 1 amide bonds. The van der Waals surface area contributed by atoms with Gasteiger partial charge in [0, 0.05) is 19.1 Å². The standard InChI is InChI=1S/C28H31ClN2O4S/c1-21(24-10-6-3-7-11-24)30-36(33,34)25-12-13-27(26(29)19-25)35-20-28(32)31-16-14-23(15-17-31)18-22-8-4-2-5-9-22/h2-13,19,21,23,30H,14-18,20H2,1H3/t21-/m1/s1. The van der Waals surface area contributed by atoms with Gasteiger partial charge >= 0.3 is 0 Å². The quantitative estimate of drug-likeness (QED) is 0.414. The molecule has 1 fully saturated rings. The van der Waals surface area contributed by atoms with Crippen molar-refractivity contribution in [1.29, 1.82) is 0 Å². The number of carbonyl (C=O) groups is 1. The molecule has 3 aromatic rings.